The first-order valence-corrected chi connectivity index (χ1v) is 6.91. The molecule has 0 radical (unpaired) electrons. The van der Waals surface area contributed by atoms with Gasteiger partial charge in [-0.05, 0) is 13.8 Å². The summed E-state index contributed by atoms with van der Waals surface area (Å²) in [6, 6.07) is 0. The fraction of sp³-hybridized carbons (Fsp3) is 0.786. The van der Waals surface area contributed by atoms with Gasteiger partial charge in [0.25, 0.3) is 0 Å². The summed E-state index contributed by atoms with van der Waals surface area (Å²) in [6.45, 7) is 3.82. The summed E-state index contributed by atoms with van der Waals surface area (Å²) in [5.41, 5.74) is -0.643. The van der Waals surface area contributed by atoms with Gasteiger partial charge in [-0.15, -0.1) is 0 Å². The van der Waals surface area contributed by atoms with E-state index in [9.17, 15) is 14.4 Å². The van der Waals surface area contributed by atoms with Crippen LogP contribution in [0.15, 0.2) is 0 Å². The molecule has 0 aromatic rings. The highest BCUT2D eigenvalue weighted by molar-refractivity contribution is 5.76. The first kappa shape index (κ1) is 20.3. The molecule has 0 saturated carbocycles. The Labute approximate surface area is 129 Å². The normalized spacial score (nSPS) is 12.7. The average Bonchev–Trinajstić information content (AvgIpc) is 2.43. The number of rotatable bonds is 12. The van der Waals surface area contributed by atoms with Gasteiger partial charge in [-0.1, -0.05) is 0 Å². The van der Waals surface area contributed by atoms with Gasteiger partial charge in [-0.3, -0.25) is 14.4 Å². The Balaban J connectivity index is 4.33. The Morgan fingerprint density at radius 3 is 2.09 bits per heavy atom. The van der Waals surface area contributed by atoms with Crippen LogP contribution in [0.1, 0.15) is 33.1 Å². The SMILES string of the molecule is COC(C)(C)C(COCCC(=O)O)COC(=O)CCC(=O)O. The second-order valence-electron chi connectivity index (χ2n) is 5.30. The maximum absolute atomic E-state index is 11.4. The van der Waals surface area contributed by atoms with Crippen molar-refractivity contribution in [3.63, 3.8) is 0 Å². The summed E-state index contributed by atoms with van der Waals surface area (Å²) in [5, 5.41) is 17.0. The van der Waals surface area contributed by atoms with Gasteiger partial charge in [0, 0.05) is 13.0 Å². The molecule has 0 saturated heterocycles. The van der Waals surface area contributed by atoms with E-state index in [4.69, 9.17) is 24.4 Å². The van der Waals surface area contributed by atoms with Crippen molar-refractivity contribution in [2.45, 2.75) is 38.7 Å². The van der Waals surface area contributed by atoms with E-state index >= 15 is 0 Å². The minimum atomic E-state index is -1.07. The Kier molecular flexibility index (Phi) is 9.35. The molecule has 22 heavy (non-hydrogen) atoms. The van der Waals surface area contributed by atoms with Gasteiger partial charge in [0.2, 0.25) is 0 Å². The van der Waals surface area contributed by atoms with E-state index in [0.29, 0.717) is 0 Å². The highest BCUT2D eigenvalue weighted by atomic mass is 16.5. The second kappa shape index (κ2) is 10.1. The molecule has 0 aromatic carbocycles. The molecule has 0 heterocycles. The van der Waals surface area contributed by atoms with Crippen molar-refractivity contribution < 1.29 is 38.8 Å². The van der Waals surface area contributed by atoms with Crippen LogP contribution < -0.4 is 0 Å². The van der Waals surface area contributed by atoms with Crippen LogP contribution in [0.25, 0.3) is 0 Å². The number of hydrogen-bond donors (Lipinski definition) is 2. The summed E-state index contributed by atoms with van der Waals surface area (Å²) in [6.07, 6.45) is -0.597. The Bertz CT molecular complexity index is 377. The number of ether oxygens (including phenoxy) is 3. The number of methoxy groups -OCH3 is 1. The van der Waals surface area contributed by atoms with Crippen molar-refractivity contribution in [1.82, 2.24) is 0 Å². The van der Waals surface area contributed by atoms with Crippen LogP contribution in [0.5, 0.6) is 0 Å². The Hall–Kier alpha value is -1.67. The number of carboxylic acid groups (broad SMARTS) is 2. The van der Waals surface area contributed by atoms with E-state index in [1.54, 1.807) is 13.8 Å². The quantitative estimate of drug-likeness (QED) is 0.402. The molecule has 8 nitrogen and oxygen atoms in total. The van der Waals surface area contributed by atoms with E-state index in [1.807, 2.05) is 0 Å². The van der Waals surface area contributed by atoms with Gasteiger partial charge in [0.15, 0.2) is 0 Å². The molecule has 128 valence electrons. The Morgan fingerprint density at radius 1 is 1.00 bits per heavy atom. The van der Waals surface area contributed by atoms with Gasteiger partial charge >= 0.3 is 17.9 Å². The van der Waals surface area contributed by atoms with Crippen molar-refractivity contribution in [3.05, 3.63) is 0 Å². The molecule has 0 spiro atoms. The fourth-order valence-corrected chi connectivity index (χ4v) is 1.48. The standard InChI is InChI=1S/C14H24O8/c1-14(2,20-3)10(8-21-7-6-12(17)18)9-22-13(19)5-4-11(15)16/h10H,4-9H2,1-3H3,(H,15,16)(H,17,18). The van der Waals surface area contributed by atoms with Crippen molar-refractivity contribution in [3.8, 4) is 0 Å². The van der Waals surface area contributed by atoms with E-state index in [0.717, 1.165) is 0 Å². The van der Waals surface area contributed by atoms with Crippen molar-refractivity contribution in [2.75, 3.05) is 26.9 Å². The van der Waals surface area contributed by atoms with Gasteiger partial charge in [-0.2, -0.15) is 0 Å². The number of esters is 1. The highest BCUT2D eigenvalue weighted by Gasteiger charge is 2.31. The highest BCUT2D eigenvalue weighted by Crippen LogP contribution is 2.22. The number of hydrogen-bond acceptors (Lipinski definition) is 6. The molecule has 1 atom stereocenters. The molecule has 0 aromatic heterocycles. The molecule has 8 heteroatoms. The fourth-order valence-electron chi connectivity index (χ4n) is 1.48. The molecule has 2 N–H and O–H groups in total. The lowest BCUT2D eigenvalue weighted by Crippen LogP contribution is -2.40. The zero-order valence-corrected chi connectivity index (χ0v) is 13.2. The van der Waals surface area contributed by atoms with E-state index < -0.39 is 23.5 Å². The lowest BCUT2D eigenvalue weighted by molar-refractivity contribution is -0.153. The Morgan fingerprint density at radius 2 is 1.59 bits per heavy atom. The van der Waals surface area contributed by atoms with Gasteiger partial charge in [0.1, 0.15) is 0 Å². The van der Waals surface area contributed by atoms with Crippen LogP contribution in [-0.2, 0) is 28.6 Å². The summed E-state index contributed by atoms with van der Waals surface area (Å²) in [4.78, 5) is 32.2. The zero-order valence-electron chi connectivity index (χ0n) is 13.2. The smallest absolute Gasteiger partial charge is 0.306 e. The molecule has 0 fully saturated rings. The molecule has 0 bridgehead atoms. The third-order valence-electron chi connectivity index (χ3n) is 3.28. The first-order chi connectivity index (χ1) is 10.2. The van der Waals surface area contributed by atoms with E-state index in [-0.39, 0.29) is 45.0 Å². The summed E-state index contributed by atoms with van der Waals surface area (Å²) < 4.78 is 15.6. The molecule has 0 aliphatic heterocycles. The molecule has 0 rings (SSSR count). The minimum Gasteiger partial charge on any atom is -0.481 e. The lowest BCUT2D eigenvalue weighted by atomic mass is 9.92. The van der Waals surface area contributed by atoms with Crippen molar-refractivity contribution >= 4 is 17.9 Å². The van der Waals surface area contributed by atoms with E-state index in [1.165, 1.54) is 7.11 Å². The predicted molar refractivity (Wildman–Crippen MR) is 75.5 cm³/mol. The van der Waals surface area contributed by atoms with Gasteiger partial charge < -0.3 is 24.4 Å². The molecular formula is C14H24O8. The second-order valence-corrected chi connectivity index (χ2v) is 5.30. The van der Waals surface area contributed by atoms with Crippen LogP contribution in [0.3, 0.4) is 0 Å². The number of carboxylic acids is 2. The zero-order chi connectivity index (χ0) is 17.2. The summed E-state index contributed by atoms with van der Waals surface area (Å²) in [7, 11) is 1.51. The third kappa shape index (κ3) is 9.30. The summed E-state index contributed by atoms with van der Waals surface area (Å²) >= 11 is 0. The topological polar surface area (TPSA) is 119 Å². The van der Waals surface area contributed by atoms with Gasteiger partial charge in [0.05, 0.1) is 44.7 Å². The number of aliphatic carboxylic acids is 2. The predicted octanol–water partition coefficient (Wildman–Crippen LogP) is 0.927. The molecule has 0 amide bonds. The number of carbonyl (C=O) groups is 3. The monoisotopic (exact) mass is 320 g/mol. The molecule has 1 unspecified atom stereocenters. The maximum atomic E-state index is 11.4. The lowest BCUT2D eigenvalue weighted by Gasteiger charge is -2.32. The van der Waals surface area contributed by atoms with Crippen LogP contribution in [-0.4, -0.2) is 60.7 Å². The van der Waals surface area contributed by atoms with Crippen molar-refractivity contribution in [1.29, 1.82) is 0 Å². The van der Waals surface area contributed by atoms with Gasteiger partial charge in [-0.25, -0.2) is 0 Å². The maximum Gasteiger partial charge on any atom is 0.306 e. The first-order valence-electron chi connectivity index (χ1n) is 6.91. The molecular weight excluding hydrogens is 296 g/mol. The van der Waals surface area contributed by atoms with E-state index in [2.05, 4.69) is 0 Å². The van der Waals surface area contributed by atoms with Crippen LogP contribution >= 0.6 is 0 Å². The van der Waals surface area contributed by atoms with Crippen molar-refractivity contribution in [2.24, 2.45) is 5.92 Å². The van der Waals surface area contributed by atoms with Crippen LogP contribution in [0.2, 0.25) is 0 Å². The largest absolute Gasteiger partial charge is 0.481 e. The number of carbonyl (C=O) groups excluding carboxylic acids is 1. The van der Waals surface area contributed by atoms with Crippen LogP contribution in [0, 0.1) is 5.92 Å². The molecule has 0 aliphatic rings. The minimum absolute atomic E-state index is 0.00631. The van der Waals surface area contributed by atoms with Crippen LogP contribution in [0.4, 0.5) is 0 Å². The molecule has 0 aliphatic carbocycles. The average molecular weight is 320 g/mol. The third-order valence-corrected chi connectivity index (χ3v) is 3.28. The summed E-state index contributed by atoms with van der Waals surface area (Å²) in [5.74, 6) is -2.93.